The Labute approximate surface area is 152 Å². The monoisotopic (exact) mass is 380 g/mol. The highest BCUT2D eigenvalue weighted by molar-refractivity contribution is 6.13. The van der Waals surface area contributed by atoms with Gasteiger partial charge in [0.2, 0.25) is 11.8 Å². The summed E-state index contributed by atoms with van der Waals surface area (Å²) in [5, 5.41) is 4.71. The van der Waals surface area contributed by atoms with Gasteiger partial charge in [0.15, 0.2) is 17.5 Å². The lowest BCUT2D eigenvalue weighted by Gasteiger charge is -2.16. The van der Waals surface area contributed by atoms with Crippen LogP contribution in [-0.2, 0) is 16.0 Å². The zero-order valence-corrected chi connectivity index (χ0v) is 14.1. The summed E-state index contributed by atoms with van der Waals surface area (Å²) < 4.78 is 53.5. The van der Waals surface area contributed by atoms with E-state index in [1.165, 1.54) is 6.07 Å². The molecule has 0 unspecified atom stereocenters. The zero-order chi connectivity index (χ0) is 19.6. The topological polar surface area (TPSA) is 58.2 Å². The quantitative estimate of drug-likeness (QED) is 0.459. The fraction of sp³-hybridized carbons (Fsp3) is 0.263. The Morgan fingerprint density at radius 2 is 1.59 bits per heavy atom. The van der Waals surface area contributed by atoms with Gasteiger partial charge in [-0.25, -0.2) is 17.6 Å². The van der Waals surface area contributed by atoms with E-state index in [0.717, 1.165) is 6.07 Å². The average Bonchev–Trinajstić information content (AvgIpc) is 3.46. The first-order valence-electron chi connectivity index (χ1n) is 8.32. The number of carbonyl (C=O) groups is 2. The third-order valence-corrected chi connectivity index (χ3v) is 4.54. The third kappa shape index (κ3) is 3.79. The van der Waals surface area contributed by atoms with E-state index in [1.807, 2.05) is 0 Å². The molecule has 0 spiro atoms. The summed E-state index contributed by atoms with van der Waals surface area (Å²) in [7, 11) is 0. The maximum atomic E-state index is 13.7. The lowest BCUT2D eigenvalue weighted by atomic mass is 10.0. The summed E-state index contributed by atoms with van der Waals surface area (Å²) in [6.45, 7) is 0.119. The van der Waals surface area contributed by atoms with Crippen LogP contribution in [0.3, 0.4) is 0 Å². The van der Waals surface area contributed by atoms with Crippen molar-refractivity contribution in [2.24, 2.45) is 5.41 Å². The predicted octanol–water partition coefficient (Wildman–Crippen LogP) is 3.32. The molecule has 1 fully saturated rings. The summed E-state index contributed by atoms with van der Waals surface area (Å²) in [5.74, 6) is -6.36. The molecule has 0 radical (unpaired) electrons. The third-order valence-electron chi connectivity index (χ3n) is 4.54. The van der Waals surface area contributed by atoms with Crippen molar-refractivity contribution in [2.75, 3.05) is 11.9 Å². The minimum Gasteiger partial charge on any atom is -0.355 e. The van der Waals surface area contributed by atoms with Gasteiger partial charge in [-0.05, 0) is 43.0 Å². The number of anilines is 1. The van der Waals surface area contributed by atoms with Gasteiger partial charge in [0.1, 0.15) is 11.2 Å². The molecule has 2 amide bonds. The van der Waals surface area contributed by atoms with Crippen molar-refractivity contribution in [2.45, 2.75) is 19.3 Å². The van der Waals surface area contributed by atoms with Crippen LogP contribution in [0.25, 0.3) is 0 Å². The summed E-state index contributed by atoms with van der Waals surface area (Å²) in [6, 6.07) is 7.70. The molecule has 142 valence electrons. The lowest BCUT2D eigenvalue weighted by molar-refractivity contribution is -0.134. The van der Waals surface area contributed by atoms with E-state index in [2.05, 4.69) is 10.6 Å². The second-order valence-electron chi connectivity index (χ2n) is 6.36. The van der Waals surface area contributed by atoms with Crippen LogP contribution in [0, 0.1) is 28.7 Å². The van der Waals surface area contributed by atoms with Crippen LogP contribution >= 0.6 is 0 Å². The summed E-state index contributed by atoms with van der Waals surface area (Å²) in [6.07, 6.45) is 0.735. The Morgan fingerprint density at radius 3 is 2.26 bits per heavy atom. The van der Waals surface area contributed by atoms with Crippen LogP contribution in [0.2, 0.25) is 0 Å². The highest BCUT2D eigenvalue weighted by atomic mass is 19.2. The Balaban J connectivity index is 1.61. The minimum atomic E-state index is -1.70. The van der Waals surface area contributed by atoms with Crippen molar-refractivity contribution in [1.82, 2.24) is 5.32 Å². The Morgan fingerprint density at radius 1 is 0.889 bits per heavy atom. The predicted molar refractivity (Wildman–Crippen MR) is 89.7 cm³/mol. The molecule has 4 nitrogen and oxygen atoms in total. The number of hydrogen-bond acceptors (Lipinski definition) is 2. The Bertz CT molecular complexity index is 897. The summed E-state index contributed by atoms with van der Waals surface area (Å²) in [5.41, 5.74) is -1.49. The minimum absolute atomic E-state index is 0.119. The van der Waals surface area contributed by atoms with Crippen LogP contribution in [-0.4, -0.2) is 18.4 Å². The van der Waals surface area contributed by atoms with Crippen molar-refractivity contribution < 1.29 is 27.2 Å². The van der Waals surface area contributed by atoms with Crippen LogP contribution in [0.15, 0.2) is 36.4 Å². The molecular formula is C19H16F4N2O2. The largest absolute Gasteiger partial charge is 0.355 e. The molecule has 0 saturated heterocycles. The Hall–Kier alpha value is -2.90. The molecule has 0 aliphatic heterocycles. The zero-order valence-electron chi connectivity index (χ0n) is 14.1. The smallest absolute Gasteiger partial charge is 0.240 e. The molecule has 8 heteroatoms. The van der Waals surface area contributed by atoms with Gasteiger partial charge in [0.05, 0.1) is 5.69 Å². The first-order valence-corrected chi connectivity index (χ1v) is 8.32. The highest BCUT2D eigenvalue weighted by Gasteiger charge is 2.56. The average molecular weight is 380 g/mol. The molecule has 1 aliphatic carbocycles. The molecule has 2 aromatic rings. The van der Waals surface area contributed by atoms with E-state index in [0.29, 0.717) is 11.6 Å². The van der Waals surface area contributed by atoms with Gasteiger partial charge in [0, 0.05) is 6.54 Å². The standard InChI is InChI=1S/C19H16F4N2O2/c20-12-4-2-1-3-11(12)7-10-24-17(26)19(8-9-19)18(27)25-14-6-5-13(21)15(22)16(14)23/h1-6H,7-10H2,(H,24,26)(H,25,27). The Kier molecular flexibility index (Phi) is 5.16. The lowest BCUT2D eigenvalue weighted by Crippen LogP contribution is -2.40. The number of benzene rings is 2. The van der Waals surface area contributed by atoms with Gasteiger partial charge in [-0.1, -0.05) is 18.2 Å². The number of hydrogen-bond donors (Lipinski definition) is 2. The van der Waals surface area contributed by atoms with E-state index in [4.69, 9.17) is 0 Å². The molecule has 27 heavy (non-hydrogen) atoms. The fourth-order valence-corrected chi connectivity index (χ4v) is 2.73. The van der Waals surface area contributed by atoms with Gasteiger partial charge in [0.25, 0.3) is 0 Å². The van der Waals surface area contributed by atoms with Crippen molar-refractivity contribution in [3.05, 3.63) is 65.2 Å². The normalized spacial score (nSPS) is 14.5. The molecule has 0 heterocycles. The first-order chi connectivity index (χ1) is 12.8. The van der Waals surface area contributed by atoms with Crippen molar-refractivity contribution in [3.8, 4) is 0 Å². The molecular weight excluding hydrogens is 364 g/mol. The van der Waals surface area contributed by atoms with Crippen molar-refractivity contribution in [1.29, 1.82) is 0 Å². The van der Waals surface area contributed by atoms with Gasteiger partial charge in [-0.3, -0.25) is 9.59 Å². The number of carbonyl (C=O) groups excluding carboxylic acids is 2. The summed E-state index contributed by atoms with van der Waals surface area (Å²) >= 11 is 0. The van der Waals surface area contributed by atoms with E-state index in [1.54, 1.807) is 18.2 Å². The molecule has 0 aromatic heterocycles. The second kappa shape index (κ2) is 7.38. The molecule has 2 aromatic carbocycles. The van der Waals surface area contributed by atoms with Crippen LogP contribution in [0.4, 0.5) is 23.2 Å². The van der Waals surface area contributed by atoms with Crippen molar-refractivity contribution in [3.63, 3.8) is 0 Å². The number of rotatable bonds is 6. The highest BCUT2D eigenvalue weighted by Crippen LogP contribution is 2.47. The van der Waals surface area contributed by atoms with Crippen LogP contribution in [0.5, 0.6) is 0 Å². The number of amides is 2. The number of nitrogens with one attached hydrogen (secondary N) is 2. The van der Waals surface area contributed by atoms with E-state index in [9.17, 15) is 27.2 Å². The van der Waals surface area contributed by atoms with E-state index in [-0.39, 0.29) is 31.6 Å². The van der Waals surface area contributed by atoms with Crippen LogP contribution in [0.1, 0.15) is 18.4 Å². The molecule has 2 N–H and O–H groups in total. The molecule has 3 rings (SSSR count). The van der Waals surface area contributed by atoms with Gasteiger partial charge in [-0.2, -0.15) is 0 Å². The molecule has 0 bridgehead atoms. The number of halogens is 4. The van der Waals surface area contributed by atoms with Gasteiger partial charge in [-0.15, -0.1) is 0 Å². The van der Waals surface area contributed by atoms with E-state index >= 15 is 0 Å². The molecule has 1 saturated carbocycles. The second-order valence-corrected chi connectivity index (χ2v) is 6.36. The first kappa shape index (κ1) is 18.9. The van der Waals surface area contributed by atoms with Crippen LogP contribution < -0.4 is 10.6 Å². The van der Waals surface area contributed by atoms with Gasteiger partial charge < -0.3 is 10.6 Å². The fourth-order valence-electron chi connectivity index (χ4n) is 2.73. The molecule has 0 atom stereocenters. The maximum Gasteiger partial charge on any atom is 0.240 e. The van der Waals surface area contributed by atoms with E-state index < -0.39 is 40.4 Å². The van der Waals surface area contributed by atoms with Crippen molar-refractivity contribution >= 4 is 17.5 Å². The maximum absolute atomic E-state index is 13.7. The van der Waals surface area contributed by atoms with Gasteiger partial charge >= 0.3 is 0 Å². The molecule has 1 aliphatic rings. The summed E-state index contributed by atoms with van der Waals surface area (Å²) in [4.78, 5) is 24.7. The SMILES string of the molecule is O=C(NCCc1ccccc1F)C1(C(=O)Nc2ccc(F)c(F)c2F)CC1.